The Labute approximate surface area is 233 Å². The third-order valence-electron chi connectivity index (χ3n) is 8.57. The molecule has 2 saturated carbocycles. The summed E-state index contributed by atoms with van der Waals surface area (Å²) in [6.45, 7) is 6.20. The van der Waals surface area contributed by atoms with Gasteiger partial charge >= 0.3 is 0 Å². The van der Waals surface area contributed by atoms with Crippen LogP contribution in [0, 0.1) is 30.5 Å². The highest BCUT2D eigenvalue weighted by Crippen LogP contribution is 2.51. The van der Waals surface area contributed by atoms with Crippen molar-refractivity contribution in [3.8, 4) is 0 Å². The maximum Gasteiger partial charge on any atom is 0.276 e. The number of carbonyl (C=O) groups is 3. The summed E-state index contributed by atoms with van der Waals surface area (Å²) < 4.78 is 20.0. The van der Waals surface area contributed by atoms with Crippen molar-refractivity contribution in [2.24, 2.45) is 23.5 Å². The van der Waals surface area contributed by atoms with Crippen molar-refractivity contribution in [3.63, 3.8) is 0 Å². The van der Waals surface area contributed by atoms with Gasteiger partial charge in [-0.2, -0.15) is 0 Å². The van der Waals surface area contributed by atoms with Gasteiger partial charge in [0.2, 0.25) is 11.8 Å². The molecular formula is C28H38FN7O4. The predicted molar refractivity (Wildman–Crippen MR) is 145 cm³/mol. The highest BCUT2D eigenvalue weighted by molar-refractivity contribution is 6.01. The van der Waals surface area contributed by atoms with Crippen molar-refractivity contribution in [3.05, 3.63) is 41.0 Å². The monoisotopic (exact) mass is 555 g/mol. The number of aromatic nitrogens is 2. The van der Waals surface area contributed by atoms with Gasteiger partial charge in [0.15, 0.2) is 5.69 Å². The number of benzene rings is 1. The van der Waals surface area contributed by atoms with Crippen LogP contribution in [0.3, 0.4) is 0 Å². The Morgan fingerprint density at radius 2 is 1.73 bits per heavy atom. The van der Waals surface area contributed by atoms with E-state index in [-0.39, 0.29) is 23.2 Å². The van der Waals surface area contributed by atoms with Crippen molar-refractivity contribution in [1.29, 1.82) is 0 Å². The number of likely N-dealkylation sites (N-methyl/N-ethyl adjacent to an activating group) is 1. The molecule has 2 heterocycles. The van der Waals surface area contributed by atoms with Crippen LogP contribution in [0.1, 0.15) is 60.3 Å². The van der Waals surface area contributed by atoms with Crippen molar-refractivity contribution < 1.29 is 23.4 Å². The fourth-order valence-electron chi connectivity index (χ4n) is 5.66. The Morgan fingerprint density at radius 1 is 1.07 bits per heavy atom. The molecule has 1 aromatic heterocycles. The molecule has 0 spiro atoms. The molecule has 40 heavy (non-hydrogen) atoms. The molecule has 1 saturated heterocycles. The number of rotatable bonds is 10. The number of anilines is 1. The van der Waals surface area contributed by atoms with E-state index in [0.717, 1.165) is 38.8 Å². The smallest absolute Gasteiger partial charge is 0.276 e. The molecule has 0 bridgehead atoms. The van der Waals surface area contributed by atoms with Crippen LogP contribution in [0.25, 0.3) is 0 Å². The first kappa shape index (κ1) is 28.2. The van der Waals surface area contributed by atoms with Crippen molar-refractivity contribution in [2.45, 2.75) is 57.5 Å². The average Bonchev–Trinajstić information content (AvgIpc) is 3.88. The van der Waals surface area contributed by atoms with Gasteiger partial charge < -0.3 is 26.2 Å². The third-order valence-corrected chi connectivity index (χ3v) is 8.57. The number of halogens is 1. The summed E-state index contributed by atoms with van der Waals surface area (Å²) >= 11 is 0. The summed E-state index contributed by atoms with van der Waals surface area (Å²) in [6.07, 6.45) is 4.00. The van der Waals surface area contributed by atoms with E-state index >= 15 is 4.39 Å². The molecule has 1 aromatic carbocycles. The van der Waals surface area contributed by atoms with E-state index in [9.17, 15) is 14.4 Å². The zero-order valence-corrected chi connectivity index (χ0v) is 23.2. The van der Waals surface area contributed by atoms with Gasteiger partial charge in [0.25, 0.3) is 5.91 Å². The molecule has 5 rings (SSSR count). The quantitative estimate of drug-likeness (QED) is 0.403. The number of hydrogen-bond donors (Lipinski definition) is 3. The number of nitrogens with one attached hydrogen (secondary N) is 2. The summed E-state index contributed by atoms with van der Waals surface area (Å²) in [6, 6.07) is 2.82. The van der Waals surface area contributed by atoms with Gasteiger partial charge in [-0.3, -0.25) is 14.4 Å². The van der Waals surface area contributed by atoms with Crippen LogP contribution in [0.4, 0.5) is 10.1 Å². The highest BCUT2D eigenvalue weighted by atomic mass is 19.1. The molecule has 11 nitrogen and oxygen atoms in total. The second-order valence-electron chi connectivity index (χ2n) is 11.6. The molecule has 0 radical (unpaired) electrons. The van der Waals surface area contributed by atoms with Crippen LogP contribution in [0.15, 0.2) is 22.8 Å². The van der Waals surface area contributed by atoms with E-state index in [0.29, 0.717) is 36.2 Å². The lowest BCUT2D eigenvalue weighted by Gasteiger charge is -2.35. The maximum atomic E-state index is 15.3. The molecule has 2 aromatic rings. The Hall–Kier alpha value is -3.38. The van der Waals surface area contributed by atoms with Gasteiger partial charge in [-0.05, 0) is 80.3 Å². The normalized spacial score (nSPS) is 20.2. The molecule has 3 fully saturated rings. The topological polar surface area (TPSA) is 147 Å². The van der Waals surface area contributed by atoms with Gasteiger partial charge in [-0.1, -0.05) is 18.1 Å². The number of carbonyl (C=O) groups excluding carboxylic acids is 3. The number of hydrogen-bond acceptors (Lipinski definition) is 8. The van der Waals surface area contributed by atoms with Gasteiger partial charge in [0.1, 0.15) is 17.6 Å². The van der Waals surface area contributed by atoms with Crippen LogP contribution in [0.5, 0.6) is 0 Å². The first-order valence-corrected chi connectivity index (χ1v) is 14.1. The number of nitrogens with two attached hydrogens (primary N) is 1. The first-order chi connectivity index (χ1) is 19.1. The van der Waals surface area contributed by atoms with Gasteiger partial charge in [-0.25, -0.2) is 9.02 Å². The lowest BCUT2D eigenvalue weighted by Crippen LogP contribution is -2.53. The lowest BCUT2D eigenvalue weighted by atomic mass is 9.88. The Kier molecular flexibility index (Phi) is 8.18. The van der Waals surface area contributed by atoms with Crippen LogP contribution in [0.2, 0.25) is 0 Å². The van der Waals surface area contributed by atoms with Gasteiger partial charge in [0, 0.05) is 32.1 Å². The summed E-state index contributed by atoms with van der Waals surface area (Å²) in [5, 5.41) is 12.8. The van der Waals surface area contributed by atoms with Crippen LogP contribution in [-0.4, -0.2) is 83.1 Å². The first-order valence-electron chi connectivity index (χ1n) is 14.1. The summed E-state index contributed by atoms with van der Waals surface area (Å²) in [4.78, 5) is 43.4. The molecule has 2 aliphatic carbocycles. The number of amides is 3. The second kappa shape index (κ2) is 11.6. The van der Waals surface area contributed by atoms with E-state index in [1.54, 1.807) is 24.8 Å². The fraction of sp³-hybridized carbons (Fsp3) is 0.607. The van der Waals surface area contributed by atoms with Gasteiger partial charge in [0.05, 0.1) is 11.7 Å². The minimum absolute atomic E-state index is 0.00351. The van der Waals surface area contributed by atoms with Crippen molar-refractivity contribution in [1.82, 2.24) is 25.4 Å². The molecule has 4 N–H and O–H groups in total. The molecule has 3 atom stereocenters. The van der Waals surface area contributed by atoms with Gasteiger partial charge in [-0.15, -0.1) is 0 Å². The summed E-state index contributed by atoms with van der Waals surface area (Å²) in [7, 11) is 2.01. The largest absolute Gasteiger partial charge is 0.339 e. The average molecular weight is 556 g/mol. The molecule has 216 valence electrons. The SMILES string of the molecule is Cc1nonc1C(=O)N[C@H](C(=O)Nc1ccc([C@H](C)[C@@H](N)C(=O)N2CCN(C)CC2)cc1F)C(C1CC1)C1CC1. The maximum absolute atomic E-state index is 15.3. The molecule has 3 aliphatic rings. The number of nitrogens with zero attached hydrogens (tertiary/aromatic N) is 4. The summed E-state index contributed by atoms with van der Waals surface area (Å²) in [5.41, 5.74) is 7.23. The Balaban J connectivity index is 1.28. The standard InChI is InChI=1S/C28H38FN7O4/c1-15(23(30)28(39)36-12-10-35(3)11-13-36)19-8-9-21(20(29)14-19)31-27(38)25(22(17-4-5-17)18-6-7-18)32-26(37)24-16(2)33-40-34-24/h8-9,14-15,17-18,22-23,25H,4-7,10-13,30H2,1-3H3,(H,31,38)(H,32,37)/t15-,23+,25-/m0/s1. The third kappa shape index (κ3) is 6.17. The van der Waals surface area contributed by atoms with E-state index < -0.39 is 35.6 Å². The van der Waals surface area contributed by atoms with Crippen LogP contribution < -0.4 is 16.4 Å². The summed E-state index contributed by atoms with van der Waals surface area (Å²) in [5.74, 6) is -1.59. The van der Waals surface area contributed by atoms with Crippen molar-refractivity contribution >= 4 is 23.4 Å². The van der Waals surface area contributed by atoms with Crippen LogP contribution >= 0.6 is 0 Å². The number of aryl methyl sites for hydroxylation is 1. The fourth-order valence-corrected chi connectivity index (χ4v) is 5.66. The van der Waals surface area contributed by atoms with E-state index in [1.165, 1.54) is 12.1 Å². The van der Waals surface area contributed by atoms with E-state index in [1.807, 2.05) is 7.05 Å². The van der Waals surface area contributed by atoms with E-state index in [2.05, 4.69) is 30.5 Å². The number of piperazine rings is 1. The molecular weight excluding hydrogens is 517 g/mol. The highest BCUT2D eigenvalue weighted by Gasteiger charge is 2.48. The zero-order chi connectivity index (χ0) is 28.6. The molecule has 3 amide bonds. The second-order valence-corrected chi connectivity index (χ2v) is 11.6. The van der Waals surface area contributed by atoms with E-state index in [4.69, 9.17) is 5.73 Å². The minimum Gasteiger partial charge on any atom is -0.339 e. The molecule has 0 unspecified atom stereocenters. The molecule has 12 heteroatoms. The lowest BCUT2D eigenvalue weighted by molar-refractivity contribution is -0.134. The Morgan fingerprint density at radius 3 is 2.27 bits per heavy atom. The molecule has 1 aliphatic heterocycles. The predicted octanol–water partition coefficient (Wildman–Crippen LogP) is 1.90. The minimum atomic E-state index is -0.851. The Bertz CT molecular complexity index is 1240. The zero-order valence-electron chi connectivity index (χ0n) is 23.2. The van der Waals surface area contributed by atoms with Crippen LogP contribution in [-0.2, 0) is 9.59 Å². The van der Waals surface area contributed by atoms with Crippen molar-refractivity contribution in [2.75, 3.05) is 38.5 Å².